The molecule has 3 rings (SSSR count). The van der Waals surface area contributed by atoms with Crippen LogP contribution in [0, 0.1) is 5.82 Å². The Morgan fingerprint density at radius 2 is 2.04 bits per heavy atom. The van der Waals surface area contributed by atoms with Crippen LogP contribution in [0.15, 0.2) is 48.5 Å². The molecule has 1 fully saturated rings. The molecule has 1 heterocycles. The minimum Gasteiger partial charge on any atom is -0.493 e. The molecule has 0 aliphatic carbocycles. The summed E-state index contributed by atoms with van der Waals surface area (Å²) in [5.41, 5.74) is 1.72. The summed E-state index contributed by atoms with van der Waals surface area (Å²) < 4.78 is 18.5. The monoisotopic (exact) mass is 370 g/mol. The number of hydrogen-bond donors (Lipinski definition) is 1. The molecule has 0 saturated carbocycles. The van der Waals surface area contributed by atoms with Crippen LogP contribution < -0.4 is 10.1 Å². The number of carbonyl (C=O) groups is 2. The lowest BCUT2D eigenvalue weighted by Gasteiger charge is -2.16. The molecule has 1 N–H and O–H groups in total. The molecular formula is C21H23FN2O3. The molecule has 27 heavy (non-hydrogen) atoms. The Morgan fingerprint density at radius 3 is 2.81 bits per heavy atom. The topological polar surface area (TPSA) is 58.6 Å². The highest BCUT2D eigenvalue weighted by Gasteiger charge is 2.20. The van der Waals surface area contributed by atoms with Gasteiger partial charge in [-0.2, -0.15) is 0 Å². The summed E-state index contributed by atoms with van der Waals surface area (Å²) in [5.74, 6) is 0.190. The first-order valence-electron chi connectivity index (χ1n) is 9.15. The third-order valence-electron chi connectivity index (χ3n) is 4.37. The first-order chi connectivity index (χ1) is 13.1. The Balaban J connectivity index is 1.42. The predicted octanol–water partition coefficient (Wildman–Crippen LogP) is 3.75. The van der Waals surface area contributed by atoms with Crippen molar-refractivity contribution in [3.05, 3.63) is 59.9 Å². The number of anilines is 1. The first-order valence-corrected chi connectivity index (χ1v) is 9.15. The van der Waals surface area contributed by atoms with Crippen LogP contribution in [0.25, 0.3) is 0 Å². The van der Waals surface area contributed by atoms with E-state index in [1.807, 2.05) is 29.2 Å². The summed E-state index contributed by atoms with van der Waals surface area (Å²) in [6, 6.07) is 13.5. The van der Waals surface area contributed by atoms with Crippen molar-refractivity contribution in [2.24, 2.45) is 0 Å². The van der Waals surface area contributed by atoms with Gasteiger partial charge in [0.25, 0.3) is 0 Å². The van der Waals surface area contributed by atoms with Gasteiger partial charge in [-0.05, 0) is 42.7 Å². The Hall–Kier alpha value is -2.89. The summed E-state index contributed by atoms with van der Waals surface area (Å²) in [6.07, 6.45) is 2.37. The molecule has 2 aromatic rings. The van der Waals surface area contributed by atoms with E-state index in [1.165, 1.54) is 12.1 Å². The molecule has 0 atom stereocenters. The van der Waals surface area contributed by atoms with Gasteiger partial charge in [-0.15, -0.1) is 0 Å². The van der Waals surface area contributed by atoms with Crippen molar-refractivity contribution in [2.75, 3.05) is 18.5 Å². The van der Waals surface area contributed by atoms with Gasteiger partial charge in [0.15, 0.2) is 0 Å². The molecule has 2 amide bonds. The average Bonchev–Trinajstić information content (AvgIpc) is 3.04. The second-order valence-electron chi connectivity index (χ2n) is 6.58. The van der Waals surface area contributed by atoms with E-state index < -0.39 is 0 Å². The zero-order valence-corrected chi connectivity index (χ0v) is 15.1. The maximum Gasteiger partial charge on any atom is 0.224 e. The Kier molecular flexibility index (Phi) is 6.41. The maximum atomic E-state index is 13.1. The van der Waals surface area contributed by atoms with Crippen molar-refractivity contribution in [1.82, 2.24) is 4.90 Å². The van der Waals surface area contributed by atoms with Crippen molar-refractivity contribution in [1.29, 1.82) is 0 Å². The zero-order valence-electron chi connectivity index (χ0n) is 15.1. The fourth-order valence-electron chi connectivity index (χ4n) is 3.04. The number of hydrogen-bond acceptors (Lipinski definition) is 3. The number of nitrogens with zero attached hydrogens (tertiary/aromatic N) is 1. The van der Waals surface area contributed by atoms with Crippen LogP contribution in [0.3, 0.4) is 0 Å². The van der Waals surface area contributed by atoms with Crippen LogP contribution in [-0.4, -0.2) is 29.9 Å². The summed E-state index contributed by atoms with van der Waals surface area (Å²) in [4.78, 5) is 25.7. The van der Waals surface area contributed by atoms with E-state index in [9.17, 15) is 14.0 Å². The Bertz CT molecular complexity index is 810. The average molecular weight is 370 g/mol. The second-order valence-corrected chi connectivity index (χ2v) is 6.58. The molecule has 0 aromatic heterocycles. The van der Waals surface area contributed by atoms with Crippen molar-refractivity contribution in [3.8, 4) is 5.75 Å². The molecule has 1 aliphatic heterocycles. The van der Waals surface area contributed by atoms with E-state index in [-0.39, 0.29) is 17.6 Å². The SMILES string of the molecule is O=C(CCCOc1cccc(F)c1)Nc1cccc(CN2CCCC2=O)c1. The van der Waals surface area contributed by atoms with Gasteiger partial charge < -0.3 is 15.0 Å². The van der Waals surface area contributed by atoms with Gasteiger partial charge in [0.05, 0.1) is 6.61 Å². The molecule has 5 nitrogen and oxygen atoms in total. The molecule has 0 spiro atoms. The zero-order chi connectivity index (χ0) is 19.1. The Labute approximate surface area is 158 Å². The van der Waals surface area contributed by atoms with Gasteiger partial charge >= 0.3 is 0 Å². The van der Waals surface area contributed by atoms with Crippen LogP contribution in [0.5, 0.6) is 5.75 Å². The molecule has 2 aromatic carbocycles. The highest BCUT2D eigenvalue weighted by atomic mass is 19.1. The number of nitrogens with one attached hydrogen (secondary N) is 1. The molecule has 142 valence electrons. The van der Waals surface area contributed by atoms with Gasteiger partial charge in [-0.25, -0.2) is 4.39 Å². The number of likely N-dealkylation sites (tertiary alicyclic amines) is 1. The maximum absolute atomic E-state index is 13.1. The van der Waals surface area contributed by atoms with Crippen LogP contribution >= 0.6 is 0 Å². The molecule has 0 bridgehead atoms. The van der Waals surface area contributed by atoms with E-state index in [1.54, 1.807) is 12.1 Å². The van der Waals surface area contributed by atoms with E-state index in [4.69, 9.17) is 4.74 Å². The lowest BCUT2D eigenvalue weighted by atomic mass is 10.2. The van der Waals surface area contributed by atoms with E-state index in [0.717, 1.165) is 24.2 Å². The fraction of sp³-hybridized carbons (Fsp3) is 0.333. The van der Waals surface area contributed by atoms with Crippen molar-refractivity contribution in [3.63, 3.8) is 0 Å². The molecule has 1 aliphatic rings. The van der Waals surface area contributed by atoms with E-state index in [2.05, 4.69) is 5.32 Å². The number of benzene rings is 2. The summed E-state index contributed by atoms with van der Waals surface area (Å²) in [6.45, 7) is 1.71. The number of carbonyl (C=O) groups excluding carboxylic acids is 2. The Morgan fingerprint density at radius 1 is 1.19 bits per heavy atom. The van der Waals surface area contributed by atoms with Gasteiger partial charge in [-0.1, -0.05) is 18.2 Å². The molecule has 6 heteroatoms. The van der Waals surface area contributed by atoms with Gasteiger partial charge in [-0.3, -0.25) is 9.59 Å². The number of amides is 2. The minimum atomic E-state index is -0.347. The first kappa shape index (κ1) is 18.9. The van der Waals surface area contributed by atoms with Crippen LogP contribution in [-0.2, 0) is 16.1 Å². The van der Waals surface area contributed by atoms with Crippen molar-refractivity contribution < 1.29 is 18.7 Å². The molecular weight excluding hydrogens is 347 g/mol. The second kappa shape index (κ2) is 9.16. The van der Waals surface area contributed by atoms with Crippen molar-refractivity contribution in [2.45, 2.75) is 32.2 Å². The van der Waals surface area contributed by atoms with Gasteiger partial charge in [0, 0.05) is 37.7 Å². The third kappa shape index (κ3) is 5.81. The van der Waals surface area contributed by atoms with E-state index >= 15 is 0 Å². The smallest absolute Gasteiger partial charge is 0.224 e. The van der Waals surface area contributed by atoms with Crippen LogP contribution in [0.1, 0.15) is 31.2 Å². The van der Waals surface area contributed by atoms with Gasteiger partial charge in [0.1, 0.15) is 11.6 Å². The van der Waals surface area contributed by atoms with Gasteiger partial charge in [0.2, 0.25) is 11.8 Å². The number of rotatable bonds is 8. The highest BCUT2D eigenvalue weighted by Crippen LogP contribution is 2.17. The molecule has 0 unspecified atom stereocenters. The quantitative estimate of drug-likeness (QED) is 0.720. The lowest BCUT2D eigenvalue weighted by Crippen LogP contribution is -2.23. The van der Waals surface area contributed by atoms with Crippen LogP contribution in [0.4, 0.5) is 10.1 Å². The molecule has 0 radical (unpaired) electrons. The minimum absolute atomic E-state index is 0.104. The number of ether oxygens (including phenoxy) is 1. The highest BCUT2D eigenvalue weighted by molar-refractivity contribution is 5.90. The summed E-state index contributed by atoms with van der Waals surface area (Å²) in [7, 11) is 0. The summed E-state index contributed by atoms with van der Waals surface area (Å²) >= 11 is 0. The third-order valence-corrected chi connectivity index (χ3v) is 4.37. The lowest BCUT2D eigenvalue weighted by molar-refractivity contribution is -0.128. The number of halogens is 1. The summed E-state index contributed by atoms with van der Waals surface area (Å²) in [5, 5.41) is 2.87. The standard InChI is InChI=1S/C21H23FN2O3/c22-17-6-2-8-19(14-17)27-12-4-9-20(25)23-18-7-1-5-16(13-18)15-24-11-3-10-21(24)26/h1-2,5-8,13-14H,3-4,9-12,15H2,(H,23,25). The fourth-order valence-corrected chi connectivity index (χ4v) is 3.04. The largest absolute Gasteiger partial charge is 0.493 e. The van der Waals surface area contributed by atoms with Crippen molar-refractivity contribution >= 4 is 17.5 Å². The molecule has 1 saturated heterocycles. The van der Waals surface area contributed by atoms with Crippen LogP contribution in [0.2, 0.25) is 0 Å². The van der Waals surface area contributed by atoms with E-state index in [0.29, 0.717) is 38.2 Å². The predicted molar refractivity (Wildman–Crippen MR) is 101 cm³/mol. The normalized spacial score (nSPS) is 13.7.